The van der Waals surface area contributed by atoms with Gasteiger partial charge in [-0.05, 0) is 170 Å². The van der Waals surface area contributed by atoms with E-state index in [0.717, 1.165) is 50.1 Å². The maximum Gasteiger partial charge on any atom is 0.240 e. The van der Waals surface area contributed by atoms with Crippen molar-refractivity contribution in [2.75, 3.05) is 153 Å². The zero-order chi connectivity index (χ0) is 81.3. The van der Waals surface area contributed by atoms with E-state index in [0.29, 0.717) is 75.8 Å². The van der Waals surface area contributed by atoms with Crippen LogP contribution in [0.2, 0.25) is 30.1 Å². The van der Waals surface area contributed by atoms with E-state index in [1.165, 1.54) is 19.1 Å². The number of benzene rings is 6. The molecule has 0 bridgehead atoms. The van der Waals surface area contributed by atoms with E-state index in [1.54, 1.807) is 60.7 Å². The Bertz CT molecular complexity index is 4160. The number of nitrogens with zero attached hydrogens (tertiary/aromatic N) is 3. The third kappa shape index (κ3) is 28.1. The van der Waals surface area contributed by atoms with Crippen LogP contribution in [0.3, 0.4) is 0 Å². The minimum Gasteiger partial charge on any atom is -0.379 e. The number of rotatable bonds is 47. The second-order valence-electron chi connectivity index (χ2n) is 28.5. The minimum atomic E-state index is -3.89. The summed E-state index contributed by atoms with van der Waals surface area (Å²) in [5, 5.41) is 11.9. The van der Waals surface area contributed by atoms with Gasteiger partial charge in [-0.15, -0.1) is 0 Å². The van der Waals surface area contributed by atoms with E-state index in [1.807, 2.05) is 57.5 Å². The molecule has 113 heavy (non-hydrogen) atoms. The normalized spacial score (nSPS) is 16.3. The van der Waals surface area contributed by atoms with Gasteiger partial charge in [-0.25, -0.2) is 39.4 Å². The number of carbonyl (C=O) groups is 4. The average molecular weight is 1740 g/mol. The Labute approximate surface area is 693 Å². The number of nitrogens with one attached hydrogen (secondary N) is 6. The summed E-state index contributed by atoms with van der Waals surface area (Å²) in [5.41, 5.74) is 7.06. The van der Waals surface area contributed by atoms with Crippen molar-refractivity contribution in [3.05, 3.63) is 189 Å². The van der Waals surface area contributed by atoms with Gasteiger partial charge in [0, 0.05) is 165 Å². The van der Waals surface area contributed by atoms with Gasteiger partial charge >= 0.3 is 0 Å². The lowest BCUT2D eigenvalue weighted by Crippen LogP contribution is -2.49. The third-order valence-corrected chi connectivity index (χ3v) is 25.8. The number of fused-ring (bicyclic) bond motifs is 3. The molecule has 0 radical (unpaired) electrons. The fourth-order valence-electron chi connectivity index (χ4n) is 14.3. The van der Waals surface area contributed by atoms with Crippen molar-refractivity contribution in [2.45, 2.75) is 116 Å². The molecule has 25 nitrogen and oxygen atoms in total. The van der Waals surface area contributed by atoms with E-state index in [2.05, 4.69) is 44.8 Å². The Morgan fingerprint density at radius 1 is 0.407 bits per heavy atom. The van der Waals surface area contributed by atoms with Gasteiger partial charge in [-0.2, -0.15) is 0 Å². The van der Waals surface area contributed by atoms with Crippen molar-refractivity contribution in [2.24, 2.45) is 0 Å². The van der Waals surface area contributed by atoms with Crippen LogP contribution in [-0.2, 0) is 97.3 Å². The molecule has 618 valence electrons. The average Bonchev–Trinajstić information content (AvgIpc) is 0.781. The topological polar surface area (TPSA) is 308 Å². The van der Waals surface area contributed by atoms with Gasteiger partial charge in [0.2, 0.25) is 47.8 Å². The second kappa shape index (κ2) is 44.3. The number of amides is 3. The summed E-state index contributed by atoms with van der Waals surface area (Å²) >= 11 is 38.9. The SMILES string of the molecule is CC(=O)NC(CCC(=O)CCCOCCOCCNS(=O)(=O)c1cccc([C@@H]2CN(C)Cc3c(Cl)cc(Cl)cc32)c1)(CCC(=O)NCCOCCOCCNS(=O)(=O)c1cccc([C@@H]2CN(C)Cc3c(Cl)cc(Cl)cc32)c1)CCC(=O)NCCOCCOCCNS(=O)(=O)c1cccc([C@@H]2CN(C)Cc3c(Cl)cc(Cl)cc32)c1. The van der Waals surface area contributed by atoms with Crippen LogP contribution < -0.4 is 30.1 Å². The molecule has 0 spiro atoms. The molecule has 3 aliphatic rings. The first kappa shape index (κ1) is 91.4. The maximum absolute atomic E-state index is 13.5. The van der Waals surface area contributed by atoms with Crippen LogP contribution >= 0.6 is 69.6 Å². The van der Waals surface area contributed by atoms with Crippen LogP contribution in [0.25, 0.3) is 0 Å². The standard InChI is InChI=1S/C79H101Cl6N9O16S3/c1-54(95)91-79(19-16-61(96)12-8-27-105-33-34-108-30-24-88-111(99,100)62-13-5-9-55(39-62)68-48-92(2)51-71-65(68)42-58(80)45-74(71)83,20-17-77(97)86-22-28-106-35-37-109-31-25-89-112(101,102)63-14-6-10-56(40-63)69-49-93(3)52-72-66(69)43-59(81)46-75(72)84)21-18-78(98)87-23-29-107-36-38-110-32-26-90-113(103,104)64-15-7-11-57(41-64)70-50-94(4)53-73-67(70)44-60(82)47-76(73)85/h5-7,9-11,13-15,39-47,68-70,88-90H,8,12,16-38,48-53H2,1-4H3,(H,86,97)(H,87,98)(H,91,95)/t68-,69-,70-/m0/s1. The minimum absolute atomic E-state index is 0.00586. The Kier molecular flexibility index (Phi) is 35.9. The van der Waals surface area contributed by atoms with E-state index < -0.39 is 41.5 Å². The number of Topliss-reactive ketones (excluding diaryl/α,β-unsaturated/α-hetero) is 1. The summed E-state index contributed by atoms with van der Waals surface area (Å²) in [4.78, 5) is 60.0. The zero-order valence-electron chi connectivity index (χ0n) is 63.9. The summed E-state index contributed by atoms with van der Waals surface area (Å²) in [6.07, 6.45) is 0.730. The van der Waals surface area contributed by atoms with Crippen molar-refractivity contribution in [1.82, 2.24) is 44.8 Å². The molecular formula is C79H101Cl6N9O16S3. The lowest BCUT2D eigenvalue weighted by atomic mass is 9.82. The van der Waals surface area contributed by atoms with Crippen LogP contribution in [-0.4, -0.2) is 222 Å². The van der Waals surface area contributed by atoms with Gasteiger partial charge in [0.25, 0.3) is 0 Å². The predicted molar refractivity (Wildman–Crippen MR) is 438 cm³/mol. The lowest BCUT2D eigenvalue weighted by Gasteiger charge is -2.35. The van der Waals surface area contributed by atoms with Crippen molar-refractivity contribution in [3.8, 4) is 0 Å². The van der Waals surface area contributed by atoms with E-state index in [9.17, 15) is 44.4 Å². The molecule has 0 aromatic heterocycles. The molecule has 3 amide bonds. The molecule has 0 fully saturated rings. The molecule has 6 aromatic carbocycles. The zero-order valence-corrected chi connectivity index (χ0v) is 70.9. The van der Waals surface area contributed by atoms with Crippen LogP contribution in [0, 0.1) is 0 Å². The molecule has 3 atom stereocenters. The highest BCUT2D eigenvalue weighted by Gasteiger charge is 2.35. The summed E-state index contributed by atoms with van der Waals surface area (Å²) in [5.74, 6) is -1.69. The van der Waals surface area contributed by atoms with E-state index in [4.69, 9.17) is 98.0 Å². The molecule has 6 N–H and O–H groups in total. The van der Waals surface area contributed by atoms with Gasteiger partial charge < -0.3 is 59.1 Å². The first-order valence-corrected chi connectivity index (χ1v) is 44.3. The number of ketones is 1. The molecule has 0 unspecified atom stereocenters. The van der Waals surface area contributed by atoms with Gasteiger partial charge in [0.1, 0.15) is 5.78 Å². The molecule has 9 rings (SSSR count). The maximum atomic E-state index is 13.5. The largest absolute Gasteiger partial charge is 0.379 e. The number of hydrogen-bond donors (Lipinski definition) is 6. The number of halogens is 6. The van der Waals surface area contributed by atoms with Crippen LogP contribution in [0.5, 0.6) is 0 Å². The van der Waals surface area contributed by atoms with Crippen molar-refractivity contribution in [3.63, 3.8) is 0 Å². The highest BCUT2D eigenvalue weighted by atomic mass is 35.5. The fourth-order valence-corrected chi connectivity index (χ4v) is 19.2. The number of carbonyl (C=O) groups excluding carboxylic acids is 4. The number of hydrogen-bond acceptors (Lipinski definition) is 19. The summed E-state index contributed by atoms with van der Waals surface area (Å²) in [6.45, 7) is 7.20. The molecule has 0 aliphatic carbocycles. The Balaban J connectivity index is 0.676. The molecule has 34 heteroatoms. The van der Waals surface area contributed by atoms with Gasteiger partial charge in [-0.1, -0.05) is 106 Å². The van der Waals surface area contributed by atoms with Crippen molar-refractivity contribution in [1.29, 1.82) is 0 Å². The second-order valence-corrected chi connectivity index (χ2v) is 36.3. The third-order valence-electron chi connectivity index (χ3n) is 19.8. The van der Waals surface area contributed by atoms with Crippen molar-refractivity contribution < 1.29 is 72.9 Å². The molecule has 3 heterocycles. The Morgan fingerprint density at radius 2 is 0.717 bits per heavy atom. The molecule has 3 aliphatic heterocycles. The van der Waals surface area contributed by atoms with Gasteiger partial charge in [0.05, 0.1) is 87.4 Å². The Hall–Kier alpha value is -5.49. The smallest absolute Gasteiger partial charge is 0.240 e. The molecule has 0 saturated heterocycles. The van der Waals surface area contributed by atoms with E-state index >= 15 is 0 Å². The quantitative estimate of drug-likeness (QED) is 0.0193. The van der Waals surface area contributed by atoms with Gasteiger partial charge in [-0.3, -0.25) is 19.2 Å². The summed E-state index contributed by atoms with van der Waals surface area (Å²) in [6, 6.07) is 31.2. The molecule has 0 saturated carbocycles. The predicted octanol–water partition coefficient (Wildman–Crippen LogP) is 10.5. The Morgan fingerprint density at radius 3 is 1.04 bits per heavy atom. The van der Waals surface area contributed by atoms with Gasteiger partial charge in [0.15, 0.2) is 0 Å². The molecule has 6 aromatic rings. The summed E-state index contributed by atoms with van der Waals surface area (Å²) < 4.78 is 122. The highest BCUT2D eigenvalue weighted by molar-refractivity contribution is 7.90. The first-order valence-electron chi connectivity index (χ1n) is 37.6. The van der Waals surface area contributed by atoms with Crippen LogP contribution in [0.4, 0.5) is 0 Å². The lowest BCUT2D eigenvalue weighted by molar-refractivity contribution is -0.125. The first-order chi connectivity index (χ1) is 54.0. The van der Waals surface area contributed by atoms with Crippen molar-refractivity contribution >= 4 is 123 Å². The molecular weight excluding hydrogens is 1640 g/mol. The highest BCUT2D eigenvalue weighted by Crippen LogP contribution is 2.42. The van der Waals surface area contributed by atoms with Crippen LogP contribution in [0.15, 0.2) is 124 Å². The van der Waals surface area contributed by atoms with E-state index in [-0.39, 0.29) is 207 Å². The number of ether oxygens (including phenoxy) is 6. The number of likely N-dealkylation sites (N-methyl/N-ethyl adjacent to an activating group) is 3. The fraction of sp³-hybridized carbons (Fsp3) is 0.494. The number of sulfonamides is 3. The summed E-state index contributed by atoms with van der Waals surface area (Å²) in [7, 11) is -5.72. The monoisotopic (exact) mass is 1740 g/mol. The van der Waals surface area contributed by atoms with Crippen LogP contribution in [0.1, 0.15) is 126 Å².